The molecule has 0 aromatic heterocycles. The van der Waals surface area contributed by atoms with Crippen molar-refractivity contribution in [3.05, 3.63) is 28.8 Å². The average Bonchev–Trinajstić information content (AvgIpc) is 2.55. The summed E-state index contributed by atoms with van der Waals surface area (Å²) in [6.45, 7) is 8.35. The molecule has 23 heavy (non-hydrogen) atoms. The Morgan fingerprint density at radius 2 is 2.04 bits per heavy atom. The summed E-state index contributed by atoms with van der Waals surface area (Å²) in [6.07, 6.45) is 1.57. The molecule has 0 spiro atoms. The van der Waals surface area contributed by atoms with E-state index in [9.17, 15) is 4.79 Å². The zero-order valence-electron chi connectivity index (χ0n) is 14.6. The maximum atomic E-state index is 12.2. The fraction of sp³-hybridized carbons (Fsp3) is 0.611. The van der Waals surface area contributed by atoms with Gasteiger partial charge in [-0.3, -0.25) is 0 Å². The Morgan fingerprint density at radius 1 is 1.26 bits per heavy atom. The van der Waals surface area contributed by atoms with Crippen LogP contribution in [0.5, 0.6) is 5.75 Å². The first kappa shape index (κ1) is 17.6. The minimum atomic E-state index is -0.220. The molecule has 2 rings (SSSR count). The molecule has 5 nitrogen and oxygen atoms in total. The predicted octanol–water partition coefficient (Wildman–Crippen LogP) is 3.10. The predicted molar refractivity (Wildman–Crippen MR) is 90.7 cm³/mol. The molecule has 0 bridgehead atoms. The lowest BCUT2D eigenvalue weighted by Crippen LogP contribution is -2.44. The van der Waals surface area contributed by atoms with Gasteiger partial charge in [0.25, 0.3) is 0 Å². The zero-order valence-corrected chi connectivity index (χ0v) is 14.6. The number of amides is 1. The van der Waals surface area contributed by atoms with Crippen molar-refractivity contribution in [1.82, 2.24) is 10.2 Å². The lowest BCUT2D eigenvalue weighted by molar-refractivity contribution is 0.0813. The highest BCUT2D eigenvalue weighted by molar-refractivity contribution is 5.69. The van der Waals surface area contributed by atoms with Gasteiger partial charge in [-0.2, -0.15) is 0 Å². The topological polar surface area (TPSA) is 50.8 Å². The van der Waals surface area contributed by atoms with Gasteiger partial charge in [-0.1, -0.05) is 13.0 Å². The second-order valence-electron chi connectivity index (χ2n) is 5.79. The first-order valence-corrected chi connectivity index (χ1v) is 8.49. The molecule has 1 aliphatic rings. The summed E-state index contributed by atoms with van der Waals surface area (Å²) in [5, 5.41) is 3.19. The molecule has 0 saturated heterocycles. The first-order valence-electron chi connectivity index (χ1n) is 8.49. The molecular weight excluding hydrogens is 292 g/mol. The molecule has 1 aliphatic heterocycles. The summed E-state index contributed by atoms with van der Waals surface area (Å²) < 4.78 is 11.0. The summed E-state index contributed by atoms with van der Waals surface area (Å²) in [6, 6.07) is 4.51. The number of ether oxygens (including phenoxy) is 2. The van der Waals surface area contributed by atoms with Gasteiger partial charge in [0.15, 0.2) is 0 Å². The molecule has 1 atom stereocenters. The van der Waals surface area contributed by atoms with E-state index in [1.807, 2.05) is 25.8 Å². The van der Waals surface area contributed by atoms with Crippen molar-refractivity contribution in [3.8, 4) is 5.75 Å². The van der Waals surface area contributed by atoms with Crippen molar-refractivity contribution in [2.75, 3.05) is 20.3 Å². The molecule has 1 aromatic carbocycles. The maximum Gasteiger partial charge on any atom is 0.410 e. The van der Waals surface area contributed by atoms with Gasteiger partial charge >= 0.3 is 6.09 Å². The lowest BCUT2D eigenvalue weighted by atomic mass is 9.91. The number of hydrogen-bond donors (Lipinski definition) is 1. The van der Waals surface area contributed by atoms with Gasteiger partial charge in [0.1, 0.15) is 5.75 Å². The fourth-order valence-corrected chi connectivity index (χ4v) is 3.13. The van der Waals surface area contributed by atoms with Crippen LogP contribution in [0.4, 0.5) is 4.79 Å². The third kappa shape index (κ3) is 3.96. The zero-order chi connectivity index (χ0) is 16.8. The number of rotatable bonds is 6. The number of fused-ring (bicyclic) bond motifs is 1. The van der Waals surface area contributed by atoms with E-state index in [-0.39, 0.29) is 12.1 Å². The Kier molecular flexibility index (Phi) is 6.28. The van der Waals surface area contributed by atoms with Crippen molar-refractivity contribution >= 4 is 6.09 Å². The normalized spacial score (nSPS) is 16.9. The highest BCUT2D eigenvalue weighted by Crippen LogP contribution is 2.31. The third-order valence-electron chi connectivity index (χ3n) is 4.26. The van der Waals surface area contributed by atoms with E-state index in [4.69, 9.17) is 9.47 Å². The van der Waals surface area contributed by atoms with E-state index < -0.39 is 0 Å². The second-order valence-corrected chi connectivity index (χ2v) is 5.79. The monoisotopic (exact) mass is 320 g/mol. The van der Waals surface area contributed by atoms with Crippen LogP contribution in [0, 0.1) is 0 Å². The molecular formula is C18H28N2O3. The van der Waals surface area contributed by atoms with Gasteiger partial charge in [-0.25, -0.2) is 4.79 Å². The molecule has 0 saturated carbocycles. The fourth-order valence-electron chi connectivity index (χ4n) is 3.13. The van der Waals surface area contributed by atoms with Gasteiger partial charge in [0.05, 0.1) is 13.2 Å². The number of carbonyl (C=O) groups is 1. The van der Waals surface area contributed by atoms with E-state index in [0.29, 0.717) is 19.8 Å². The molecule has 5 heteroatoms. The summed E-state index contributed by atoms with van der Waals surface area (Å²) in [4.78, 5) is 14.1. The van der Waals surface area contributed by atoms with E-state index in [2.05, 4.69) is 24.4 Å². The van der Waals surface area contributed by atoms with Crippen molar-refractivity contribution < 1.29 is 14.3 Å². The number of nitrogens with zero attached hydrogens (tertiary/aromatic N) is 1. The van der Waals surface area contributed by atoms with Crippen LogP contribution in [0.15, 0.2) is 12.1 Å². The van der Waals surface area contributed by atoms with Crippen molar-refractivity contribution in [2.24, 2.45) is 0 Å². The standard InChI is InChI=1S/C18H28N2O3/c1-5-16-9-13-8-14(11-19-4)17(22-6-2)10-15(13)12-20(16)18(21)23-7-3/h8,10,16,19H,5-7,9,11-12H2,1-4H3. The van der Waals surface area contributed by atoms with Crippen LogP contribution in [0.3, 0.4) is 0 Å². The maximum absolute atomic E-state index is 12.2. The van der Waals surface area contributed by atoms with Crippen LogP contribution in [-0.2, 0) is 24.2 Å². The van der Waals surface area contributed by atoms with Gasteiger partial charge in [0.2, 0.25) is 0 Å². The van der Waals surface area contributed by atoms with Crippen LogP contribution in [0.2, 0.25) is 0 Å². The SMILES string of the molecule is CCOC(=O)N1Cc2cc(OCC)c(CNC)cc2CC1CC. The summed E-state index contributed by atoms with van der Waals surface area (Å²) >= 11 is 0. The molecule has 1 N–H and O–H groups in total. The van der Waals surface area contributed by atoms with Crippen LogP contribution in [0.25, 0.3) is 0 Å². The quantitative estimate of drug-likeness (QED) is 0.875. The number of hydrogen-bond acceptors (Lipinski definition) is 4. The molecule has 1 unspecified atom stereocenters. The number of nitrogens with one attached hydrogen (secondary N) is 1. The molecule has 1 heterocycles. The van der Waals surface area contributed by atoms with Gasteiger partial charge in [-0.05, 0) is 50.9 Å². The Balaban J connectivity index is 2.33. The summed E-state index contributed by atoms with van der Waals surface area (Å²) in [5.74, 6) is 0.902. The van der Waals surface area contributed by atoms with E-state index in [1.54, 1.807) is 0 Å². The Bertz CT molecular complexity index is 545. The second kappa shape index (κ2) is 8.20. The lowest BCUT2D eigenvalue weighted by Gasteiger charge is -2.36. The van der Waals surface area contributed by atoms with E-state index >= 15 is 0 Å². The Hall–Kier alpha value is -1.75. The summed E-state index contributed by atoms with van der Waals surface area (Å²) in [7, 11) is 1.94. The minimum Gasteiger partial charge on any atom is -0.494 e. The van der Waals surface area contributed by atoms with E-state index in [1.165, 1.54) is 11.1 Å². The van der Waals surface area contributed by atoms with Crippen molar-refractivity contribution in [2.45, 2.75) is 52.7 Å². The molecule has 0 radical (unpaired) electrons. The van der Waals surface area contributed by atoms with Crippen LogP contribution in [0.1, 0.15) is 43.9 Å². The van der Waals surface area contributed by atoms with Crippen LogP contribution in [-0.4, -0.2) is 37.3 Å². The van der Waals surface area contributed by atoms with Crippen LogP contribution < -0.4 is 10.1 Å². The highest BCUT2D eigenvalue weighted by atomic mass is 16.6. The van der Waals surface area contributed by atoms with Gasteiger partial charge < -0.3 is 19.7 Å². The average molecular weight is 320 g/mol. The minimum absolute atomic E-state index is 0.196. The Morgan fingerprint density at radius 3 is 2.65 bits per heavy atom. The highest BCUT2D eigenvalue weighted by Gasteiger charge is 2.30. The third-order valence-corrected chi connectivity index (χ3v) is 4.26. The molecule has 0 aliphatic carbocycles. The van der Waals surface area contributed by atoms with Crippen molar-refractivity contribution in [3.63, 3.8) is 0 Å². The van der Waals surface area contributed by atoms with E-state index in [0.717, 1.165) is 30.7 Å². The molecule has 1 aromatic rings. The molecule has 128 valence electrons. The van der Waals surface area contributed by atoms with Crippen LogP contribution >= 0.6 is 0 Å². The largest absolute Gasteiger partial charge is 0.494 e. The number of benzene rings is 1. The molecule has 1 amide bonds. The summed E-state index contributed by atoms with van der Waals surface area (Å²) in [5.41, 5.74) is 3.64. The van der Waals surface area contributed by atoms with Gasteiger partial charge in [0, 0.05) is 24.7 Å². The van der Waals surface area contributed by atoms with Crippen molar-refractivity contribution in [1.29, 1.82) is 0 Å². The van der Waals surface area contributed by atoms with Gasteiger partial charge in [-0.15, -0.1) is 0 Å². The Labute approximate surface area is 139 Å². The molecule has 0 fully saturated rings. The smallest absolute Gasteiger partial charge is 0.410 e. The first-order chi connectivity index (χ1) is 11.1. The number of carbonyl (C=O) groups excluding carboxylic acids is 1.